The van der Waals surface area contributed by atoms with Crippen molar-refractivity contribution in [3.05, 3.63) is 36.5 Å². The van der Waals surface area contributed by atoms with Crippen molar-refractivity contribution in [2.24, 2.45) is 7.05 Å². The number of H-pyrrole nitrogens is 1. The third kappa shape index (κ3) is 3.01. The molecule has 3 aromatic heterocycles. The number of hydrogen-bond acceptors (Lipinski definition) is 6. The number of aromatic nitrogens is 5. The van der Waals surface area contributed by atoms with Gasteiger partial charge in [0.1, 0.15) is 5.76 Å². The van der Waals surface area contributed by atoms with Crippen LogP contribution in [-0.2, 0) is 11.8 Å². The molecular weight excluding hydrogens is 342 g/mol. The Bertz CT molecular complexity index is 1060. The number of carbonyl (C=O) groups is 1. The topological polar surface area (TPSA) is 110 Å². The van der Waals surface area contributed by atoms with Crippen molar-refractivity contribution in [3.8, 4) is 22.9 Å². The zero-order valence-electron chi connectivity index (χ0n) is 13.1. The number of carboxylic acids is 1. The predicted molar refractivity (Wildman–Crippen MR) is 92.2 cm³/mol. The van der Waals surface area contributed by atoms with Crippen molar-refractivity contribution in [1.29, 1.82) is 0 Å². The molecule has 0 aliphatic carbocycles. The first-order valence-corrected chi connectivity index (χ1v) is 8.38. The minimum absolute atomic E-state index is 0.0806. The van der Waals surface area contributed by atoms with Crippen molar-refractivity contribution in [3.63, 3.8) is 0 Å². The van der Waals surface area contributed by atoms with Gasteiger partial charge in [-0.2, -0.15) is 5.10 Å². The number of rotatable bonds is 5. The van der Waals surface area contributed by atoms with Gasteiger partial charge in [0.15, 0.2) is 16.7 Å². The van der Waals surface area contributed by atoms with Crippen molar-refractivity contribution in [2.75, 3.05) is 5.75 Å². The SMILES string of the molecule is Cn1ncc2ccc(-c3ccc(-c4nnc(SCC(=O)O)[nH]4)o3)cc21. The Balaban J connectivity index is 1.60. The third-order valence-corrected chi connectivity index (χ3v) is 4.52. The smallest absolute Gasteiger partial charge is 0.313 e. The van der Waals surface area contributed by atoms with E-state index in [1.807, 2.05) is 42.2 Å². The Morgan fingerprint density at radius 2 is 2.12 bits per heavy atom. The molecule has 4 aromatic rings. The van der Waals surface area contributed by atoms with E-state index < -0.39 is 5.97 Å². The molecule has 0 aliphatic rings. The molecule has 0 amide bonds. The quantitative estimate of drug-likeness (QED) is 0.530. The lowest BCUT2D eigenvalue weighted by molar-refractivity contribution is -0.133. The fraction of sp³-hybridized carbons (Fsp3) is 0.125. The van der Waals surface area contributed by atoms with E-state index in [0.29, 0.717) is 22.5 Å². The number of fused-ring (bicyclic) bond motifs is 1. The molecule has 0 unspecified atom stereocenters. The molecule has 126 valence electrons. The van der Waals surface area contributed by atoms with Gasteiger partial charge in [-0.25, -0.2) is 0 Å². The zero-order valence-corrected chi connectivity index (χ0v) is 13.9. The van der Waals surface area contributed by atoms with Crippen molar-refractivity contribution in [2.45, 2.75) is 5.16 Å². The zero-order chi connectivity index (χ0) is 17.4. The molecule has 1 aromatic carbocycles. The second kappa shape index (κ2) is 6.10. The van der Waals surface area contributed by atoms with Crippen LogP contribution in [0.3, 0.4) is 0 Å². The number of aromatic amines is 1. The van der Waals surface area contributed by atoms with E-state index in [1.165, 1.54) is 0 Å². The van der Waals surface area contributed by atoms with Gasteiger partial charge < -0.3 is 14.5 Å². The monoisotopic (exact) mass is 355 g/mol. The Morgan fingerprint density at radius 1 is 1.28 bits per heavy atom. The largest absolute Gasteiger partial charge is 0.481 e. The first-order chi connectivity index (χ1) is 12.1. The Kier molecular flexibility index (Phi) is 3.77. The van der Waals surface area contributed by atoms with Crippen LogP contribution in [0.4, 0.5) is 0 Å². The van der Waals surface area contributed by atoms with Gasteiger partial charge in [-0.15, -0.1) is 10.2 Å². The van der Waals surface area contributed by atoms with Gasteiger partial charge in [0.25, 0.3) is 0 Å². The molecule has 0 atom stereocenters. The molecular formula is C16H13N5O3S. The summed E-state index contributed by atoms with van der Waals surface area (Å²) in [5.74, 6) is 0.710. The highest BCUT2D eigenvalue weighted by Gasteiger charge is 2.13. The van der Waals surface area contributed by atoms with Gasteiger partial charge in [-0.1, -0.05) is 23.9 Å². The number of carboxylic acid groups (broad SMARTS) is 1. The van der Waals surface area contributed by atoms with Crippen molar-refractivity contribution in [1.82, 2.24) is 25.0 Å². The van der Waals surface area contributed by atoms with E-state index in [2.05, 4.69) is 20.3 Å². The summed E-state index contributed by atoms with van der Waals surface area (Å²) < 4.78 is 7.68. The highest BCUT2D eigenvalue weighted by Crippen LogP contribution is 2.29. The summed E-state index contributed by atoms with van der Waals surface area (Å²) in [5.41, 5.74) is 1.95. The maximum atomic E-state index is 10.6. The second-order valence-electron chi connectivity index (χ2n) is 5.37. The number of furan rings is 1. The van der Waals surface area contributed by atoms with Crippen LogP contribution in [0.2, 0.25) is 0 Å². The molecule has 2 N–H and O–H groups in total. The normalized spacial score (nSPS) is 11.2. The number of nitrogens with one attached hydrogen (secondary N) is 1. The van der Waals surface area contributed by atoms with Crippen LogP contribution in [0.1, 0.15) is 0 Å². The Labute approximate surface area is 145 Å². The first-order valence-electron chi connectivity index (χ1n) is 7.40. The molecule has 0 fully saturated rings. The predicted octanol–water partition coefficient (Wildman–Crippen LogP) is 2.80. The summed E-state index contributed by atoms with van der Waals surface area (Å²) in [4.78, 5) is 13.6. The summed E-state index contributed by atoms with van der Waals surface area (Å²) in [6, 6.07) is 9.64. The fourth-order valence-electron chi connectivity index (χ4n) is 2.47. The summed E-state index contributed by atoms with van der Waals surface area (Å²) in [6.45, 7) is 0. The number of nitrogens with zero attached hydrogens (tertiary/aromatic N) is 4. The Morgan fingerprint density at radius 3 is 2.96 bits per heavy atom. The maximum Gasteiger partial charge on any atom is 0.313 e. The molecule has 0 spiro atoms. The lowest BCUT2D eigenvalue weighted by atomic mass is 10.1. The molecule has 0 saturated carbocycles. The molecule has 4 rings (SSSR count). The van der Waals surface area contributed by atoms with Crippen LogP contribution in [0.15, 0.2) is 46.1 Å². The van der Waals surface area contributed by atoms with Crippen LogP contribution < -0.4 is 0 Å². The van der Waals surface area contributed by atoms with Gasteiger partial charge in [0.2, 0.25) is 0 Å². The number of aryl methyl sites for hydroxylation is 1. The lowest BCUT2D eigenvalue weighted by Gasteiger charge is -1.99. The van der Waals surface area contributed by atoms with E-state index >= 15 is 0 Å². The minimum Gasteiger partial charge on any atom is -0.481 e. The van der Waals surface area contributed by atoms with Crippen LogP contribution in [0.25, 0.3) is 33.8 Å². The van der Waals surface area contributed by atoms with Gasteiger partial charge in [-0.05, 0) is 18.2 Å². The van der Waals surface area contributed by atoms with E-state index in [9.17, 15) is 4.79 Å². The summed E-state index contributed by atoms with van der Waals surface area (Å²) in [5, 5.41) is 22.3. The van der Waals surface area contributed by atoms with E-state index in [4.69, 9.17) is 9.52 Å². The highest BCUT2D eigenvalue weighted by atomic mass is 32.2. The molecule has 9 heteroatoms. The van der Waals surface area contributed by atoms with Crippen LogP contribution in [0.5, 0.6) is 0 Å². The molecule has 0 saturated heterocycles. The number of benzene rings is 1. The van der Waals surface area contributed by atoms with E-state index in [0.717, 1.165) is 28.2 Å². The molecule has 25 heavy (non-hydrogen) atoms. The van der Waals surface area contributed by atoms with E-state index in [1.54, 1.807) is 6.07 Å². The second-order valence-corrected chi connectivity index (χ2v) is 6.33. The third-order valence-electron chi connectivity index (χ3n) is 3.67. The van der Waals surface area contributed by atoms with Gasteiger partial charge >= 0.3 is 5.97 Å². The highest BCUT2D eigenvalue weighted by molar-refractivity contribution is 7.99. The average Bonchev–Trinajstić information content (AvgIpc) is 3.32. The van der Waals surface area contributed by atoms with Gasteiger partial charge in [-0.3, -0.25) is 9.48 Å². The molecule has 0 bridgehead atoms. The van der Waals surface area contributed by atoms with Crippen LogP contribution in [0, 0.1) is 0 Å². The molecule has 0 radical (unpaired) electrons. The molecule has 0 aliphatic heterocycles. The molecule has 3 heterocycles. The van der Waals surface area contributed by atoms with Crippen LogP contribution >= 0.6 is 11.8 Å². The van der Waals surface area contributed by atoms with Crippen LogP contribution in [-0.4, -0.2) is 41.8 Å². The van der Waals surface area contributed by atoms with Gasteiger partial charge in [0.05, 0.1) is 17.5 Å². The number of thioether (sulfide) groups is 1. The lowest BCUT2D eigenvalue weighted by Crippen LogP contribution is -1.97. The Hall–Kier alpha value is -3.07. The number of aliphatic carboxylic acids is 1. The maximum absolute atomic E-state index is 10.6. The summed E-state index contributed by atoms with van der Waals surface area (Å²) >= 11 is 1.07. The summed E-state index contributed by atoms with van der Waals surface area (Å²) in [6.07, 6.45) is 1.82. The van der Waals surface area contributed by atoms with E-state index in [-0.39, 0.29) is 5.75 Å². The van der Waals surface area contributed by atoms with Crippen molar-refractivity contribution >= 4 is 28.6 Å². The average molecular weight is 355 g/mol. The number of hydrogen-bond donors (Lipinski definition) is 2. The minimum atomic E-state index is -0.909. The standard InChI is InChI=1S/C16H13N5O3S/c1-21-11-6-9(2-3-10(11)7-17-21)12-4-5-13(24-12)15-18-16(20-19-15)25-8-14(22)23/h2-7H,8H2,1H3,(H,22,23)(H,18,19,20). The van der Waals surface area contributed by atoms with Crippen molar-refractivity contribution < 1.29 is 14.3 Å². The van der Waals surface area contributed by atoms with Gasteiger partial charge in [0, 0.05) is 18.0 Å². The molecule has 8 nitrogen and oxygen atoms in total. The fourth-order valence-corrected chi connectivity index (χ4v) is 3.00. The first kappa shape index (κ1) is 15.5. The summed E-state index contributed by atoms with van der Waals surface area (Å²) in [7, 11) is 1.89.